The van der Waals surface area contributed by atoms with Crippen LogP contribution in [-0.4, -0.2) is 19.4 Å². The molecule has 0 saturated heterocycles. The van der Waals surface area contributed by atoms with Gasteiger partial charge in [0.05, 0.1) is 33.1 Å². The SMILES string of the molecule is c1ccc(-c2nc(-c3ccc4c(c3)c3c5oc(-c6ccccc6)nc5cc5c6ccccc6n4c53)c3ccccc3n2)cc1. The monoisotopic (exact) mass is 562 g/mol. The number of hydrogen-bond donors (Lipinski definition) is 0. The lowest BCUT2D eigenvalue weighted by Crippen LogP contribution is -1.95. The molecular weight excluding hydrogens is 540 g/mol. The third-order valence-electron chi connectivity index (χ3n) is 8.75. The van der Waals surface area contributed by atoms with Crippen molar-refractivity contribution in [3.05, 3.63) is 133 Å². The summed E-state index contributed by atoms with van der Waals surface area (Å²) < 4.78 is 8.98. The largest absolute Gasteiger partial charge is 0.435 e. The predicted molar refractivity (Wildman–Crippen MR) is 178 cm³/mol. The van der Waals surface area contributed by atoms with E-state index in [1.165, 1.54) is 16.3 Å². The molecule has 0 N–H and O–H groups in total. The lowest BCUT2D eigenvalue weighted by atomic mass is 10.0. The second-order valence-corrected chi connectivity index (χ2v) is 11.2. The molecule has 0 aliphatic heterocycles. The summed E-state index contributed by atoms with van der Waals surface area (Å²) in [5.74, 6) is 1.34. The highest BCUT2D eigenvalue weighted by molar-refractivity contribution is 6.30. The molecule has 5 heteroatoms. The quantitative estimate of drug-likeness (QED) is 0.215. The molecule has 0 aliphatic carbocycles. The van der Waals surface area contributed by atoms with Crippen molar-refractivity contribution in [2.45, 2.75) is 0 Å². The number of fused-ring (bicyclic) bond motifs is 9. The van der Waals surface area contributed by atoms with Crippen LogP contribution in [-0.2, 0) is 0 Å². The van der Waals surface area contributed by atoms with Gasteiger partial charge in [-0.1, -0.05) is 91.0 Å². The van der Waals surface area contributed by atoms with Crippen LogP contribution in [0.3, 0.4) is 0 Å². The number of para-hydroxylation sites is 2. The summed E-state index contributed by atoms with van der Waals surface area (Å²) in [6.07, 6.45) is 0. The molecule has 0 radical (unpaired) electrons. The van der Waals surface area contributed by atoms with E-state index in [4.69, 9.17) is 19.4 Å². The molecule has 4 heterocycles. The fraction of sp³-hybridized carbons (Fsp3) is 0. The van der Waals surface area contributed by atoms with E-state index < -0.39 is 0 Å². The fourth-order valence-corrected chi connectivity index (χ4v) is 6.81. The molecule has 0 fully saturated rings. The number of hydrogen-bond acceptors (Lipinski definition) is 4. The average molecular weight is 563 g/mol. The van der Waals surface area contributed by atoms with Crippen LogP contribution in [0.15, 0.2) is 138 Å². The second-order valence-electron chi connectivity index (χ2n) is 11.2. The Hall–Kier alpha value is -6.07. The maximum atomic E-state index is 6.61. The standard InChI is InChI=1S/C39H22N4O/c1-3-11-23(12-4-1)38-40-30-17-9-7-16-27(30)35(42-38)25-19-20-33-29(21-25)34-36-28(26-15-8-10-18-32(26)43(33)36)22-31-37(34)44-39(41-31)24-13-5-2-6-14-24/h1-22H. The normalized spacial score (nSPS) is 12.1. The van der Waals surface area contributed by atoms with Gasteiger partial charge in [0, 0.05) is 38.2 Å². The van der Waals surface area contributed by atoms with E-state index in [1.807, 2.05) is 60.7 Å². The fourth-order valence-electron chi connectivity index (χ4n) is 6.81. The van der Waals surface area contributed by atoms with E-state index in [0.29, 0.717) is 11.7 Å². The van der Waals surface area contributed by atoms with Crippen molar-refractivity contribution in [1.82, 2.24) is 19.4 Å². The van der Waals surface area contributed by atoms with Gasteiger partial charge in [-0.3, -0.25) is 0 Å². The molecule has 0 bridgehead atoms. The Morgan fingerprint density at radius 2 is 1.18 bits per heavy atom. The van der Waals surface area contributed by atoms with Crippen molar-refractivity contribution >= 4 is 60.1 Å². The number of oxazole rings is 1. The molecular formula is C39H22N4O. The van der Waals surface area contributed by atoms with Crippen LogP contribution in [0.5, 0.6) is 0 Å². The summed E-state index contributed by atoms with van der Waals surface area (Å²) in [7, 11) is 0. The summed E-state index contributed by atoms with van der Waals surface area (Å²) >= 11 is 0. The summed E-state index contributed by atoms with van der Waals surface area (Å²) in [4.78, 5) is 15.1. The maximum absolute atomic E-state index is 6.61. The zero-order chi connectivity index (χ0) is 28.8. The number of rotatable bonds is 3. The Morgan fingerprint density at radius 1 is 0.477 bits per heavy atom. The van der Waals surface area contributed by atoms with Crippen LogP contribution in [0.1, 0.15) is 0 Å². The summed E-state index contributed by atoms with van der Waals surface area (Å²) in [6, 6.07) is 45.9. The van der Waals surface area contributed by atoms with E-state index >= 15 is 0 Å². The summed E-state index contributed by atoms with van der Waals surface area (Å²) in [5.41, 5.74) is 9.91. The van der Waals surface area contributed by atoms with Gasteiger partial charge in [-0.05, 0) is 42.5 Å². The summed E-state index contributed by atoms with van der Waals surface area (Å²) in [5, 5.41) is 5.58. The van der Waals surface area contributed by atoms with Crippen molar-refractivity contribution in [3.8, 4) is 34.1 Å². The Labute approximate surface area is 251 Å². The molecule has 0 spiro atoms. The molecule has 10 rings (SSSR count). The minimum atomic E-state index is 0.624. The zero-order valence-corrected chi connectivity index (χ0v) is 23.4. The first-order valence-electron chi connectivity index (χ1n) is 14.7. The van der Waals surface area contributed by atoms with Crippen LogP contribution >= 0.6 is 0 Å². The third-order valence-corrected chi connectivity index (χ3v) is 8.75. The lowest BCUT2D eigenvalue weighted by Gasteiger charge is -2.10. The molecule has 0 saturated carbocycles. The number of nitrogens with zero attached hydrogens (tertiary/aromatic N) is 4. The average Bonchev–Trinajstić information content (AvgIpc) is 3.77. The first-order chi connectivity index (χ1) is 21.8. The van der Waals surface area contributed by atoms with Gasteiger partial charge in [-0.25, -0.2) is 15.0 Å². The van der Waals surface area contributed by atoms with E-state index in [-0.39, 0.29) is 0 Å². The molecule has 4 aromatic heterocycles. The van der Waals surface area contributed by atoms with Crippen LogP contribution in [0.25, 0.3) is 94.2 Å². The molecule has 6 aromatic carbocycles. The van der Waals surface area contributed by atoms with E-state index in [0.717, 1.165) is 66.2 Å². The van der Waals surface area contributed by atoms with Gasteiger partial charge in [-0.2, -0.15) is 0 Å². The number of aromatic nitrogens is 4. The zero-order valence-electron chi connectivity index (χ0n) is 23.4. The topological polar surface area (TPSA) is 56.2 Å². The highest BCUT2D eigenvalue weighted by Gasteiger charge is 2.24. The predicted octanol–water partition coefficient (Wildman–Crippen LogP) is 9.92. The molecule has 0 atom stereocenters. The van der Waals surface area contributed by atoms with Crippen molar-refractivity contribution < 1.29 is 4.42 Å². The minimum Gasteiger partial charge on any atom is -0.435 e. The minimum absolute atomic E-state index is 0.624. The van der Waals surface area contributed by atoms with Gasteiger partial charge in [0.25, 0.3) is 0 Å². The molecule has 10 aromatic rings. The van der Waals surface area contributed by atoms with Crippen LogP contribution in [0.4, 0.5) is 0 Å². The van der Waals surface area contributed by atoms with Crippen molar-refractivity contribution in [3.63, 3.8) is 0 Å². The Kier molecular flexibility index (Phi) is 4.66. The van der Waals surface area contributed by atoms with E-state index in [2.05, 4.69) is 77.2 Å². The van der Waals surface area contributed by atoms with Gasteiger partial charge in [0.15, 0.2) is 11.4 Å². The van der Waals surface area contributed by atoms with Crippen LogP contribution in [0.2, 0.25) is 0 Å². The maximum Gasteiger partial charge on any atom is 0.227 e. The van der Waals surface area contributed by atoms with Gasteiger partial charge in [0.1, 0.15) is 5.52 Å². The summed E-state index contributed by atoms with van der Waals surface area (Å²) in [6.45, 7) is 0. The first kappa shape index (κ1) is 23.5. The highest BCUT2D eigenvalue weighted by atomic mass is 16.3. The smallest absolute Gasteiger partial charge is 0.227 e. The molecule has 44 heavy (non-hydrogen) atoms. The first-order valence-corrected chi connectivity index (χ1v) is 14.7. The van der Waals surface area contributed by atoms with Crippen LogP contribution < -0.4 is 0 Å². The van der Waals surface area contributed by atoms with E-state index in [9.17, 15) is 0 Å². The van der Waals surface area contributed by atoms with Crippen molar-refractivity contribution in [2.75, 3.05) is 0 Å². The van der Waals surface area contributed by atoms with Gasteiger partial charge in [-0.15, -0.1) is 0 Å². The van der Waals surface area contributed by atoms with Crippen molar-refractivity contribution in [1.29, 1.82) is 0 Å². The van der Waals surface area contributed by atoms with Gasteiger partial charge >= 0.3 is 0 Å². The molecule has 0 amide bonds. The van der Waals surface area contributed by atoms with Gasteiger partial charge < -0.3 is 8.82 Å². The Morgan fingerprint density at radius 3 is 2.02 bits per heavy atom. The lowest BCUT2D eigenvalue weighted by molar-refractivity contribution is 0.623. The molecule has 204 valence electrons. The van der Waals surface area contributed by atoms with Gasteiger partial charge in [0.2, 0.25) is 5.89 Å². The van der Waals surface area contributed by atoms with Crippen LogP contribution in [0, 0.1) is 0 Å². The molecule has 5 nitrogen and oxygen atoms in total. The second kappa shape index (κ2) is 8.72. The van der Waals surface area contributed by atoms with Crippen molar-refractivity contribution in [2.24, 2.45) is 0 Å². The molecule has 0 unspecified atom stereocenters. The number of benzene rings is 6. The molecule has 0 aliphatic rings. The Balaban J connectivity index is 1.32. The Bertz CT molecular complexity index is 2710. The highest BCUT2D eigenvalue weighted by Crippen LogP contribution is 2.45. The third kappa shape index (κ3) is 3.21. The van der Waals surface area contributed by atoms with E-state index in [1.54, 1.807) is 0 Å².